The molecule has 1 saturated heterocycles. The van der Waals surface area contributed by atoms with Crippen LogP contribution in [0.4, 0.5) is 0 Å². The highest BCUT2D eigenvalue weighted by atomic mass is 16.5. The second-order valence-electron chi connectivity index (χ2n) is 6.17. The summed E-state index contributed by atoms with van der Waals surface area (Å²) in [6, 6.07) is 4.14. The van der Waals surface area contributed by atoms with Gasteiger partial charge in [-0.15, -0.1) is 0 Å². The minimum Gasteiger partial charge on any atom is -0.496 e. The van der Waals surface area contributed by atoms with Gasteiger partial charge in [-0.1, -0.05) is 0 Å². The van der Waals surface area contributed by atoms with Crippen LogP contribution in [-0.4, -0.2) is 40.5 Å². The second kappa shape index (κ2) is 5.74. The summed E-state index contributed by atoms with van der Waals surface area (Å²) in [4.78, 5) is 4.51. The molecule has 0 saturated carbocycles. The van der Waals surface area contributed by atoms with Crippen molar-refractivity contribution in [2.45, 2.75) is 32.4 Å². The molecule has 0 bridgehead atoms. The number of ether oxygens (including phenoxy) is 1. The van der Waals surface area contributed by atoms with Gasteiger partial charge in [0.2, 0.25) is 0 Å². The first-order valence-corrected chi connectivity index (χ1v) is 7.62. The molecule has 1 atom stereocenters. The molecule has 2 N–H and O–H groups in total. The zero-order valence-corrected chi connectivity index (χ0v) is 13.4. The smallest absolute Gasteiger partial charge is 0.140 e. The molecule has 2 heterocycles. The Balaban J connectivity index is 1.96. The van der Waals surface area contributed by atoms with E-state index in [2.05, 4.69) is 23.3 Å². The van der Waals surface area contributed by atoms with Crippen molar-refractivity contribution in [1.82, 2.24) is 14.9 Å². The Bertz CT molecular complexity index is 673. The van der Waals surface area contributed by atoms with Gasteiger partial charge in [0.05, 0.1) is 19.3 Å². The molecule has 1 aliphatic rings. The van der Waals surface area contributed by atoms with Gasteiger partial charge in [0.1, 0.15) is 11.6 Å². The molecule has 118 valence electrons. The first-order valence-electron chi connectivity index (χ1n) is 7.62. The highest BCUT2D eigenvalue weighted by Gasteiger charge is 2.32. The van der Waals surface area contributed by atoms with E-state index in [1.807, 2.05) is 23.8 Å². The van der Waals surface area contributed by atoms with E-state index in [0.29, 0.717) is 13.1 Å². The summed E-state index contributed by atoms with van der Waals surface area (Å²) in [5.41, 5.74) is 2.59. The molecule has 1 fully saturated rings. The van der Waals surface area contributed by atoms with Crippen LogP contribution in [0.15, 0.2) is 24.5 Å². The van der Waals surface area contributed by atoms with Crippen molar-refractivity contribution in [2.75, 3.05) is 20.2 Å². The van der Waals surface area contributed by atoms with Crippen molar-refractivity contribution in [3.05, 3.63) is 35.7 Å². The van der Waals surface area contributed by atoms with E-state index >= 15 is 0 Å². The lowest BCUT2D eigenvalue weighted by Crippen LogP contribution is -2.36. The Hall–Kier alpha value is -1.85. The molecule has 0 spiro atoms. The van der Waals surface area contributed by atoms with Gasteiger partial charge in [-0.2, -0.15) is 0 Å². The highest BCUT2D eigenvalue weighted by Crippen LogP contribution is 2.30. The molecule has 1 unspecified atom stereocenters. The summed E-state index contributed by atoms with van der Waals surface area (Å²) in [5.74, 6) is 1.78. The Morgan fingerprint density at radius 2 is 2.18 bits per heavy atom. The lowest BCUT2D eigenvalue weighted by molar-refractivity contribution is 0.0436. The van der Waals surface area contributed by atoms with Crippen LogP contribution in [0.3, 0.4) is 0 Å². The number of rotatable bonds is 4. The average Bonchev–Trinajstić information content (AvgIpc) is 3.10. The van der Waals surface area contributed by atoms with Gasteiger partial charge < -0.3 is 19.7 Å². The highest BCUT2D eigenvalue weighted by molar-refractivity contribution is 5.64. The molecule has 0 amide bonds. The fourth-order valence-corrected chi connectivity index (χ4v) is 3.11. The van der Waals surface area contributed by atoms with E-state index in [1.54, 1.807) is 13.3 Å². The molecule has 1 aromatic carbocycles. The van der Waals surface area contributed by atoms with E-state index in [-0.39, 0.29) is 0 Å². The summed E-state index contributed by atoms with van der Waals surface area (Å²) < 4.78 is 7.42. The first kappa shape index (κ1) is 15.1. The number of nitrogens with one attached hydrogen (secondary N) is 1. The van der Waals surface area contributed by atoms with E-state index < -0.39 is 5.60 Å². The molecule has 22 heavy (non-hydrogen) atoms. The van der Waals surface area contributed by atoms with Crippen LogP contribution >= 0.6 is 0 Å². The van der Waals surface area contributed by atoms with Crippen LogP contribution in [0.2, 0.25) is 0 Å². The number of aryl methyl sites for hydroxylation is 2. The maximum Gasteiger partial charge on any atom is 0.140 e. The minimum absolute atomic E-state index is 0.555. The summed E-state index contributed by atoms with van der Waals surface area (Å²) in [6.45, 7) is 6.14. The maximum atomic E-state index is 10.6. The Kier molecular flexibility index (Phi) is 3.93. The van der Waals surface area contributed by atoms with Crippen LogP contribution in [0.25, 0.3) is 11.4 Å². The molecule has 3 rings (SSSR count). The van der Waals surface area contributed by atoms with Crippen molar-refractivity contribution in [1.29, 1.82) is 0 Å². The predicted octanol–water partition coefficient (Wildman–Crippen LogP) is 1.90. The molecule has 0 aliphatic carbocycles. The fourth-order valence-electron chi connectivity index (χ4n) is 3.11. The maximum absolute atomic E-state index is 10.6. The second-order valence-corrected chi connectivity index (χ2v) is 6.17. The SMILES string of the molecule is COc1cc(C)c(-c2nccn2CC2(O)CCNC2)cc1C. The molecule has 1 aliphatic heterocycles. The van der Waals surface area contributed by atoms with Gasteiger partial charge in [0.15, 0.2) is 0 Å². The minimum atomic E-state index is -0.690. The lowest BCUT2D eigenvalue weighted by atomic mass is 10.0. The van der Waals surface area contributed by atoms with Gasteiger partial charge in [0.25, 0.3) is 0 Å². The molecular weight excluding hydrogens is 278 g/mol. The van der Waals surface area contributed by atoms with Crippen molar-refractivity contribution in [2.24, 2.45) is 0 Å². The number of imidazole rings is 1. The van der Waals surface area contributed by atoms with Crippen molar-refractivity contribution >= 4 is 0 Å². The summed E-state index contributed by atoms with van der Waals surface area (Å²) in [7, 11) is 1.69. The van der Waals surface area contributed by atoms with Gasteiger partial charge >= 0.3 is 0 Å². The Labute approximate surface area is 130 Å². The third kappa shape index (κ3) is 2.74. The first-order chi connectivity index (χ1) is 10.5. The third-order valence-electron chi connectivity index (χ3n) is 4.38. The number of hydrogen-bond donors (Lipinski definition) is 2. The average molecular weight is 301 g/mol. The summed E-state index contributed by atoms with van der Waals surface area (Å²) in [6.07, 6.45) is 4.50. The predicted molar refractivity (Wildman–Crippen MR) is 86.1 cm³/mol. The molecule has 5 nitrogen and oxygen atoms in total. The van der Waals surface area contributed by atoms with E-state index in [1.165, 1.54) is 0 Å². The zero-order chi connectivity index (χ0) is 15.7. The Morgan fingerprint density at radius 1 is 1.36 bits per heavy atom. The van der Waals surface area contributed by atoms with E-state index in [9.17, 15) is 5.11 Å². The topological polar surface area (TPSA) is 59.3 Å². The largest absolute Gasteiger partial charge is 0.496 e. The lowest BCUT2D eigenvalue weighted by Gasteiger charge is -2.23. The quantitative estimate of drug-likeness (QED) is 0.905. The van der Waals surface area contributed by atoms with Crippen LogP contribution in [0.5, 0.6) is 5.75 Å². The molecular formula is C17H23N3O2. The van der Waals surface area contributed by atoms with Crippen molar-refractivity contribution < 1.29 is 9.84 Å². The van der Waals surface area contributed by atoms with Gasteiger partial charge in [-0.3, -0.25) is 0 Å². The summed E-state index contributed by atoms with van der Waals surface area (Å²) >= 11 is 0. The standard InChI is InChI=1S/C17H23N3O2/c1-12-9-15(22-3)13(2)8-14(12)16-19-6-7-20(16)11-17(21)4-5-18-10-17/h6-9,18,21H,4-5,10-11H2,1-3H3. The zero-order valence-electron chi connectivity index (χ0n) is 13.4. The van der Waals surface area contributed by atoms with Crippen LogP contribution in [-0.2, 0) is 6.54 Å². The van der Waals surface area contributed by atoms with Crippen molar-refractivity contribution in [3.63, 3.8) is 0 Å². The Morgan fingerprint density at radius 3 is 2.86 bits per heavy atom. The normalized spacial score (nSPS) is 21.3. The molecule has 0 radical (unpaired) electrons. The van der Waals surface area contributed by atoms with Gasteiger partial charge in [-0.05, 0) is 50.1 Å². The van der Waals surface area contributed by atoms with Crippen LogP contribution in [0.1, 0.15) is 17.5 Å². The number of benzene rings is 1. The van der Waals surface area contributed by atoms with E-state index in [4.69, 9.17) is 4.74 Å². The third-order valence-corrected chi connectivity index (χ3v) is 4.38. The van der Waals surface area contributed by atoms with Crippen LogP contribution in [0, 0.1) is 13.8 Å². The van der Waals surface area contributed by atoms with Gasteiger partial charge in [-0.25, -0.2) is 4.98 Å². The number of aromatic nitrogens is 2. The number of β-amino-alcohol motifs (C(OH)–C–C–N with tert-alkyl or cyclic N) is 1. The van der Waals surface area contributed by atoms with E-state index in [0.717, 1.165) is 41.2 Å². The van der Waals surface area contributed by atoms with Crippen LogP contribution < -0.4 is 10.1 Å². The summed E-state index contributed by atoms with van der Waals surface area (Å²) in [5, 5.41) is 13.8. The number of nitrogens with zero attached hydrogens (tertiary/aromatic N) is 2. The molecule has 5 heteroatoms. The van der Waals surface area contributed by atoms with Crippen molar-refractivity contribution in [3.8, 4) is 17.1 Å². The number of methoxy groups -OCH3 is 1. The van der Waals surface area contributed by atoms with Gasteiger partial charge in [0, 0.05) is 24.5 Å². The number of aliphatic hydroxyl groups is 1. The molecule has 2 aromatic rings. The number of hydrogen-bond acceptors (Lipinski definition) is 4. The molecule has 1 aromatic heterocycles. The monoisotopic (exact) mass is 301 g/mol. The fraction of sp³-hybridized carbons (Fsp3) is 0.471.